The van der Waals surface area contributed by atoms with Gasteiger partial charge in [0.05, 0.1) is 26.0 Å². The summed E-state index contributed by atoms with van der Waals surface area (Å²) in [5.41, 5.74) is 0.861. The van der Waals surface area contributed by atoms with Gasteiger partial charge in [-0.3, -0.25) is 14.2 Å². The predicted molar refractivity (Wildman–Crippen MR) is 98.1 cm³/mol. The second-order valence-corrected chi connectivity index (χ2v) is 6.48. The van der Waals surface area contributed by atoms with Crippen molar-refractivity contribution in [3.8, 4) is 11.4 Å². The van der Waals surface area contributed by atoms with Gasteiger partial charge in [0.2, 0.25) is 5.91 Å². The number of methoxy groups -OCH3 is 2. The van der Waals surface area contributed by atoms with Crippen molar-refractivity contribution in [1.29, 1.82) is 0 Å². The maximum Gasteiger partial charge on any atom is 0.325 e. The molecule has 2 rings (SSSR count). The van der Waals surface area contributed by atoms with E-state index in [1.807, 2.05) is 16.7 Å². The summed E-state index contributed by atoms with van der Waals surface area (Å²) in [5.74, 6) is -0.0366. The molecule has 140 valence electrons. The maximum atomic E-state index is 11.8. The largest absolute Gasteiger partial charge is 0.468 e. The first kappa shape index (κ1) is 20.2. The van der Waals surface area contributed by atoms with Crippen LogP contribution in [0.4, 0.5) is 0 Å². The molecule has 0 spiro atoms. The maximum absolute atomic E-state index is 11.8. The van der Waals surface area contributed by atoms with Gasteiger partial charge in [-0.25, -0.2) is 0 Å². The standard InChI is InChI=1S/C16H19ClN4O4S/c1-24-8-7-21-15(11-3-5-12(17)6-4-11)19-20-16(21)26-10-13(22)18-9-14(23)25-2/h3-6H,7-10H2,1-2H3,(H,18,22). The van der Waals surface area contributed by atoms with Crippen molar-refractivity contribution in [3.05, 3.63) is 29.3 Å². The van der Waals surface area contributed by atoms with Crippen molar-refractivity contribution in [2.45, 2.75) is 11.7 Å². The van der Waals surface area contributed by atoms with Crippen molar-refractivity contribution in [1.82, 2.24) is 20.1 Å². The molecule has 1 aromatic heterocycles. The van der Waals surface area contributed by atoms with Crippen LogP contribution < -0.4 is 5.32 Å². The van der Waals surface area contributed by atoms with Crippen LogP contribution in [0.2, 0.25) is 5.02 Å². The lowest BCUT2D eigenvalue weighted by atomic mass is 10.2. The number of nitrogens with zero attached hydrogens (tertiary/aromatic N) is 3. The minimum Gasteiger partial charge on any atom is -0.468 e. The summed E-state index contributed by atoms with van der Waals surface area (Å²) in [6, 6.07) is 7.26. The number of carbonyl (C=O) groups is 2. The van der Waals surface area contributed by atoms with E-state index < -0.39 is 5.97 Å². The zero-order valence-corrected chi connectivity index (χ0v) is 16.0. The van der Waals surface area contributed by atoms with E-state index >= 15 is 0 Å². The molecule has 0 saturated heterocycles. The molecule has 0 radical (unpaired) electrons. The number of benzene rings is 1. The van der Waals surface area contributed by atoms with Gasteiger partial charge in [-0.15, -0.1) is 10.2 Å². The Morgan fingerprint density at radius 3 is 2.62 bits per heavy atom. The first-order chi connectivity index (χ1) is 12.5. The van der Waals surface area contributed by atoms with E-state index in [9.17, 15) is 9.59 Å². The van der Waals surface area contributed by atoms with Crippen LogP contribution in [0.25, 0.3) is 11.4 Å². The topological polar surface area (TPSA) is 95.3 Å². The molecule has 0 unspecified atom stereocenters. The van der Waals surface area contributed by atoms with Crippen molar-refractivity contribution >= 4 is 35.2 Å². The first-order valence-electron chi connectivity index (χ1n) is 7.69. The molecule has 0 bridgehead atoms. The number of carbonyl (C=O) groups excluding carboxylic acids is 2. The highest BCUT2D eigenvalue weighted by Crippen LogP contribution is 2.25. The molecule has 1 aromatic carbocycles. The van der Waals surface area contributed by atoms with Gasteiger partial charge in [-0.2, -0.15) is 0 Å². The molecule has 0 aliphatic heterocycles. The summed E-state index contributed by atoms with van der Waals surface area (Å²) in [6.45, 7) is 0.844. The lowest BCUT2D eigenvalue weighted by Gasteiger charge is -2.10. The minimum atomic E-state index is -0.503. The molecule has 0 aliphatic carbocycles. The van der Waals surface area contributed by atoms with Crippen LogP contribution in [0.15, 0.2) is 29.4 Å². The fourth-order valence-corrected chi connectivity index (χ4v) is 2.94. The summed E-state index contributed by atoms with van der Waals surface area (Å²) in [4.78, 5) is 22.9. The Hall–Kier alpha value is -2.10. The quantitative estimate of drug-likeness (QED) is 0.506. The zero-order valence-electron chi connectivity index (χ0n) is 14.4. The number of nitrogens with one attached hydrogen (secondary N) is 1. The Labute approximate surface area is 160 Å². The van der Waals surface area contributed by atoms with Gasteiger partial charge in [0.25, 0.3) is 0 Å². The Morgan fingerprint density at radius 2 is 1.96 bits per heavy atom. The number of hydrogen-bond donors (Lipinski definition) is 1. The van der Waals surface area contributed by atoms with Crippen molar-refractivity contribution in [2.75, 3.05) is 33.1 Å². The van der Waals surface area contributed by atoms with Gasteiger partial charge in [-0.1, -0.05) is 23.4 Å². The van der Waals surface area contributed by atoms with Gasteiger partial charge < -0.3 is 14.8 Å². The molecule has 0 atom stereocenters. The highest BCUT2D eigenvalue weighted by atomic mass is 35.5. The van der Waals surface area contributed by atoms with Crippen molar-refractivity contribution in [3.63, 3.8) is 0 Å². The molecule has 0 saturated carbocycles. The average Bonchev–Trinajstić information content (AvgIpc) is 3.05. The normalized spacial score (nSPS) is 10.6. The van der Waals surface area contributed by atoms with Crippen molar-refractivity contribution < 1.29 is 19.1 Å². The molecule has 0 fully saturated rings. The summed E-state index contributed by atoms with van der Waals surface area (Å²) < 4.78 is 11.5. The highest BCUT2D eigenvalue weighted by Gasteiger charge is 2.16. The van der Waals surface area contributed by atoms with Gasteiger partial charge in [0.1, 0.15) is 6.54 Å². The van der Waals surface area contributed by atoms with E-state index in [0.717, 1.165) is 5.56 Å². The monoisotopic (exact) mass is 398 g/mol. The molecule has 10 heteroatoms. The average molecular weight is 399 g/mol. The smallest absolute Gasteiger partial charge is 0.325 e. The molecular formula is C16H19ClN4O4S. The third-order valence-corrected chi connectivity index (χ3v) is 4.55. The number of aromatic nitrogens is 3. The van der Waals surface area contributed by atoms with E-state index in [0.29, 0.717) is 29.2 Å². The number of rotatable bonds is 9. The second kappa shape index (κ2) is 10.1. The van der Waals surface area contributed by atoms with Crippen LogP contribution in [0.3, 0.4) is 0 Å². The molecular weight excluding hydrogens is 380 g/mol. The van der Waals surface area contributed by atoms with Gasteiger partial charge in [-0.05, 0) is 24.3 Å². The van der Waals surface area contributed by atoms with E-state index in [4.69, 9.17) is 16.3 Å². The van der Waals surface area contributed by atoms with E-state index in [2.05, 4.69) is 20.3 Å². The number of hydrogen-bond acceptors (Lipinski definition) is 7. The summed E-state index contributed by atoms with van der Waals surface area (Å²) in [7, 11) is 2.87. The highest BCUT2D eigenvalue weighted by molar-refractivity contribution is 7.99. The molecule has 1 amide bonds. The lowest BCUT2D eigenvalue weighted by molar-refractivity contribution is -0.140. The van der Waals surface area contributed by atoms with Crippen LogP contribution in [0.1, 0.15) is 0 Å². The molecule has 0 aliphatic rings. The Morgan fingerprint density at radius 1 is 1.23 bits per heavy atom. The van der Waals surface area contributed by atoms with Gasteiger partial charge in [0, 0.05) is 17.7 Å². The lowest BCUT2D eigenvalue weighted by Crippen LogP contribution is -2.31. The first-order valence-corrected chi connectivity index (χ1v) is 9.06. The van der Waals surface area contributed by atoms with Crippen LogP contribution in [-0.2, 0) is 25.6 Å². The van der Waals surface area contributed by atoms with Gasteiger partial charge >= 0.3 is 5.97 Å². The van der Waals surface area contributed by atoms with E-state index in [1.165, 1.54) is 18.9 Å². The molecule has 2 aromatic rings. The van der Waals surface area contributed by atoms with Crippen molar-refractivity contribution in [2.24, 2.45) is 0 Å². The molecule has 26 heavy (non-hydrogen) atoms. The van der Waals surface area contributed by atoms with Crippen LogP contribution in [-0.4, -0.2) is 59.8 Å². The number of halogens is 1. The minimum absolute atomic E-state index is 0.0999. The second-order valence-electron chi connectivity index (χ2n) is 5.10. The summed E-state index contributed by atoms with van der Waals surface area (Å²) in [6.07, 6.45) is 0. The Kier molecular flexibility index (Phi) is 7.89. The number of ether oxygens (including phenoxy) is 2. The molecule has 1 N–H and O–H groups in total. The predicted octanol–water partition coefficient (Wildman–Crippen LogP) is 1.63. The summed E-state index contributed by atoms with van der Waals surface area (Å²) >= 11 is 7.16. The van der Waals surface area contributed by atoms with E-state index in [-0.39, 0.29) is 18.2 Å². The van der Waals surface area contributed by atoms with Crippen LogP contribution >= 0.6 is 23.4 Å². The SMILES string of the molecule is COCCn1c(SCC(=O)NCC(=O)OC)nnc1-c1ccc(Cl)cc1. The number of thioether (sulfide) groups is 1. The number of esters is 1. The summed E-state index contributed by atoms with van der Waals surface area (Å²) in [5, 5.41) is 12.1. The Balaban J connectivity index is 2.09. The fraction of sp³-hybridized carbons (Fsp3) is 0.375. The molecule has 8 nitrogen and oxygen atoms in total. The fourth-order valence-electron chi connectivity index (χ4n) is 2.02. The number of amides is 1. The van der Waals surface area contributed by atoms with E-state index in [1.54, 1.807) is 19.2 Å². The zero-order chi connectivity index (χ0) is 18.9. The van der Waals surface area contributed by atoms with Crippen LogP contribution in [0.5, 0.6) is 0 Å². The molecule has 1 heterocycles. The van der Waals surface area contributed by atoms with Gasteiger partial charge in [0.15, 0.2) is 11.0 Å². The third kappa shape index (κ3) is 5.72. The van der Waals surface area contributed by atoms with Crippen LogP contribution in [0, 0.1) is 0 Å². The Bertz CT molecular complexity index is 751. The third-order valence-electron chi connectivity index (χ3n) is 3.33.